The van der Waals surface area contributed by atoms with Crippen molar-refractivity contribution in [3.63, 3.8) is 0 Å². The molecule has 0 aromatic heterocycles. The van der Waals surface area contributed by atoms with Crippen LogP contribution < -0.4 is 5.32 Å². The highest BCUT2D eigenvalue weighted by atomic mass is 15.2. The first-order valence-electron chi connectivity index (χ1n) is 8.12. The highest BCUT2D eigenvalue weighted by Gasteiger charge is 2.28. The highest BCUT2D eigenvalue weighted by Crippen LogP contribution is 2.26. The van der Waals surface area contributed by atoms with Gasteiger partial charge in [0.05, 0.1) is 0 Å². The summed E-state index contributed by atoms with van der Waals surface area (Å²) in [6.45, 7) is 22.0. The number of hydrogen-bond acceptors (Lipinski definition) is 2. The Hall–Kier alpha value is -0.0800. The van der Waals surface area contributed by atoms with E-state index in [0.717, 1.165) is 6.54 Å². The van der Waals surface area contributed by atoms with Crippen molar-refractivity contribution in [3.8, 4) is 0 Å². The molecule has 0 saturated carbocycles. The summed E-state index contributed by atoms with van der Waals surface area (Å²) in [6, 6.07) is 0.644. The number of hydrogen-bond donors (Lipinski definition) is 1. The first-order valence-corrected chi connectivity index (χ1v) is 8.12. The Labute approximate surface area is 122 Å². The summed E-state index contributed by atoms with van der Waals surface area (Å²) in [5, 5.41) is 3.71. The third-order valence-electron chi connectivity index (χ3n) is 3.72. The molecule has 0 radical (unpaired) electrons. The van der Waals surface area contributed by atoms with Gasteiger partial charge >= 0.3 is 0 Å². The molecule has 116 valence electrons. The molecule has 0 amide bonds. The third kappa shape index (κ3) is 8.65. The molecule has 0 aliphatic carbocycles. The van der Waals surface area contributed by atoms with Crippen LogP contribution in [0, 0.1) is 5.41 Å². The third-order valence-corrected chi connectivity index (χ3v) is 3.72. The minimum absolute atomic E-state index is 0.211. The Kier molecular flexibility index (Phi) is 8.23. The van der Waals surface area contributed by atoms with E-state index >= 15 is 0 Å². The summed E-state index contributed by atoms with van der Waals surface area (Å²) in [4.78, 5) is 2.64. The lowest BCUT2D eigenvalue weighted by Crippen LogP contribution is -2.49. The maximum Gasteiger partial charge on any atom is 0.00967 e. The Morgan fingerprint density at radius 1 is 1.00 bits per heavy atom. The molecular weight excluding hydrogens is 232 g/mol. The molecule has 0 heterocycles. The second-order valence-electron chi connectivity index (χ2n) is 7.73. The molecule has 2 heteroatoms. The fourth-order valence-electron chi connectivity index (χ4n) is 2.60. The van der Waals surface area contributed by atoms with E-state index in [0.29, 0.717) is 11.5 Å². The fraction of sp³-hybridized carbons (Fsp3) is 1.00. The second-order valence-corrected chi connectivity index (χ2v) is 7.73. The summed E-state index contributed by atoms with van der Waals surface area (Å²) >= 11 is 0. The highest BCUT2D eigenvalue weighted by molar-refractivity contribution is 4.84. The molecular formula is C17H38N2. The summed E-state index contributed by atoms with van der Waals surface area (Å²) < 4.78 is 0. The number of rotatable bonds is 9. The molecule has 0 spiro atoms. The molecule has 0 aliphatic heterocycles. The van der Waals surface area contributed by atoms with Gasteiger partial charge in [0, 0.05) is 24.7 Å². The zero-order valence-corrected chi connectivity index (χ0v) is 14.8. The normalized spacial score (nSPS) is 16.1. The minimum atomic E-state index is 0.211. The minimum Gasteiger partial charge on any atom is -0.311 e. The Balaban J connectivity index is 4.66. The van der Waals surface area contributed by atoms with Gasteiger partial charge in [0.2, 0.25) is 0 Å². The zero-order chi connectivity index (χ0) is 15.1. The van der Waals surface area contributed by atoms with Crippen LogP contribution in [0.3, 0.4) is 0 Å². The summed E-state index contributed by atoms with van der Waals surface area (Å²) in [6.07, 6.45) is 3.80. The maximum atomic E-state index is 3.71. The first-order chi connectivity index (χ1) is 8.63. The fourth-order valence-corrected chi connectivity index (χ4v) is 2.60. The van der Waals surface area contributed by atoms with Crippen molar-refractivity contribution in [2.75, 3.05) is 19.6 Å². The van der Waals surface area contributed by atoms with Crippen LogP contribution >= 0.6 is 0 Å². The van der Waals surface area contributed by atoms with Crippen molar-refractivity contribution >= 4 is 0 Å². The van der Waals surface area contributed by atoms with Gasteiger partial charge in [-0.2, -0.15) is 0 Å². The Morgan fingerprint density at radius 3 is 1.95 bits per heavy atom. The van der Waals surface area contributed by atoms with Gasteiger partial charge in [-0.15, -0.1) is 0 Å². The summed E-state index contributed by atoms with van der Waals surface area (Å²) in [5.41, 5.74) is 0.587. The Morgan fingerprint density at radius 2 is 1.58 bits per heavy atom. The molecule has 1 N–H and O–H groups in total. The van der Waals surface area contributed by atoms with E-state index < -0.39 is 0 Å². The van der Waals surface area contributed by atoms with Crippen molar-refractivity contribution in [1.82, 2.24) is 10.2 Å². The lowest BCUT2D eigenvalue weighted by atomic mass is 9.83. The summed E-state index contributed by atoms with van der Waals surface area (Å²) in [5.74, 6) is 0. The molecule has 0 aromatic carbocycles. The molecule has 0 rings (SSSR count). The number of nitrogens with one attached hydrogen (secondary N) is 1. The van der Waals surface area contributed by atoms with Gasteiger partial charge in [0.1, 0.15) is 0 Å². The molecule has 1 atom stereocenters. The van der Waals surface area contributed by atoms with Crippen LogP contribution in [0.4, 0.5) is 0 Å². The van der Waals surface area contributed by atoms with Crippen LogP contribution in [0.25, 0.3) is 0 Å². The average molecular weight is 271 g/mol. The van der Waals surface area contributed by atoms with Gasteiger partial charge < -0.3 is 10.2 Å². The molecule has 0 bridgehead atoms. The second kappa shape index (κ2) is 8.26. The lowest BCUT2D eigenvalue weighted by molar-refractivity contribution is 0.116. The topological polar surface area (TPSA) is 15.3 Å². The van der Waals surface area contributed by atoms with E-state index in [9.17, 15) is 0 Å². The van der Waals surface area contributed by atoms with E-state index in [-0.39, 0.29) is 5.54 Å². The summed E-state index contributed by atoms with van der Waals surface area (Å²) in [7, 11) is 0. The predicted molar refractivity (Wildman–Crippen MR) is 87.8 cm³/mol. The van der Waals surface area contributed by atoms with E-state index in [2.05, 4.69) is 65.6 Å². The van der Waals surface area contributed by atoms with Crippen molar-refractivity contribution in [2.45, 2.75) is 86.2 Å². The molecule has 19 heavy (non-hydrogen) atoms. The standard InChI is InChI=1S/C17H38N2/c1-9-11-17(8,13-18-16(5,6)7)14-19(12-10-2)15(3)4/h15,18H,9-14H2,1-8H3. The van der Waals surface area contributed by atoms with Crippen LogP contribution in [0.1, 0.15) is 74.7 Å². The van der Waals surface area contributed by atoms with Crippen LogP contribution in [0.2, 0.25) is 0 Å². The quantitative estimate of drug-likeness (QED) is 0.672. The van der Waals surface area contributed by atoms with E-state index in [1.54, 1.807) is 0 Å². The van der Waals surface area contributed by atoms with Gasteiger partial charge in [-0.25, -0.2) is 0 Å². The zero-order valence-electron chi connectivity index (χ0n) is 14.8. The van der Waals surface area contributed by atoms with Gasteiger partial charge in [0.25, 0.3) is 0 Å². The van der Waals surface area contributed by atoms with E-state index in [1.165, 1.54) is 32.4 Å². The Bertz CT molecular complexity index is 230. The van der Waals surface area contributed by atoms with Crippen molar-refractivity contribution in [3.05, 3.63) is 0 Å². The van der Waals surface area contributed by atoms with Gasteiger partial charge in [-0.05, 0) is 59.4 Å². The molecule has 2 nitrogen and oxygen atoms in total. The monoisotopic (exact) mass is 270 g/mol. The molecule has 0 aliphatic rings. The van der Waals surface area contributed by atoms with Gasteiger partial charge in [-0.3, -0.25) is 0 Å². The molecule has 1 unspecified atom stereocenters. The van der Waals surface area contributed by atoms with Gasteiger partial charge in [-0.1, -0.05) is 27.2 Å². The molecule has 0 aromatic rings. The predicted octanol–water partition coefficient (Wildman–Crippen LogP) is 4.30. The van der Waals surface area contributed by atoms with Crippen LogP contribution in [0.5, 0.6) is 0 Å². The van der Waals surface area contributed by atoms with Gasteiger partial charge in [0.15, 0.2) is 0 Å². The molecule has 0 saturated heterocycles. The van der Waals surface area contributed by atoms with E-state index in [1.807, 2.05) is 0 Å². The first kappa shape index (κ1) is 18.9. The van der Waals surface area contributed by atoms with Crippen LogP contribution in [0.15, 0.2) is 0 Å². The van der Waals surface area contributed by atoms with Crippen molar-refractivity contribution < 1.29 is 0 Å². The largest absolute Gasteiger partial charge is 0.311 e. The lowest BCUT2D eigenvalue weighted by Gasteiger charge is -2.39. The van der Waals surface area contributed by atoms with Crippen molar-refractivity contribution in [1.29, 1.82) is 0 Å². The maximum absolute atomic E-state index is 3.71. The number of nitrogens with zero attached hydrogens (tertiary/aromatic N) is 1. The smallest absolute Gasteiger partial charge is 0.00967 e. The SMILES string of the molecule is CCCN(CC(C)(CCC)CNC(C)(C)C)C(C)C. The van der Waals surface area contributed by atoms with Crippen LogP contribution in [-0.4, -0.2) is 36.1 Å². The average Bonchev–Trinajstić information content (AvgIpc) is 2.25. The molecule has 0 fully saturated rings. The van der Waals surface area contributed by atoms with Crippen LogP contribution in [-0.2, 0) is 0 Å². The van der Waals surface area contributed by atoms with E-state index in [4.69, 9.17) is 0 Å². The van der Waals surface area contributed by atoms with Crippen molar-refractivity contribution in [2.24, 2.45) is 5.41 Å².